The maximum Gasteiger partial charge on any atom is 0.258 e. The van der Waals surface area contributed by atoms with Crippen molar-refractivity contribution in [2.75, 3.05) is 13.2 Å². The van der Waals surface area contributed by atoms with Crippen molar-refractivity contribution in [3.8, 4) is 5.88 Å². The highest BCUT2D eigenvalue weighted by atomic mass is 16.5. The summed E-state index contributed by atoms with van der Waals surface area (Å²) in [6, 6.07) is 3.38. The van der Waals surface area contributed by atoms with Gasteiger partial charge in [-0.05, 0) is 25.8 Å². The van der Waals surface area contributed by atoms with Gasteiger partial charge in [0.05, 0.1) is 12.1 Å². The first-order valence-corrected chi connectivity index (χ1v) is 7.26. The minimum absolute atomic E-state index is 0.0177. The Labute approximate surface area is 126 Å². The van der Waals surface area contributed by atoms with E-state index >= 15 is 0 Å². The van der Waals surface area contributed by atoms with Crippen LogP contribution in [0.5, 0.6) is 5.88 Å². The van der Waals surface area contributed by atoms with Crippen LogP contribution < -0.4 is 15.5 Å². The summed E-state index contributed by atoms with van der Waals surface area (Å²) in [5.41, 5.74) is 0.336. The number of fused-ring (bicyclic) bond motifs is 1. The number of pyridine rings is 2. The number of carbonyl (C=O) groups excluding carboxylic acids is 1. The summed E-state index contributed by atoms with van der Waals surface area (Å²) in [6.45, 7) is 2.91. The smallest absolute Gasteiger partial charge is 0.258 e. The van der Waals surface area contributed by atoms with Gasteiger partial charge >= 0.3 is 0 Å². The van der Waals surface area contributed by atoms with E-state index in [9.17, 15) is 9.59 Å². The van der Waals surface area contributed by atoms with Crippen LogP contribution in [0.15, 0.2) is 23.1 Å². The highest BCUT2D eigenvalue weighted by Crippen LogP contribution is 2.13. The molecule has 2 N–H and O–H groups in total. The molecule has 0 saturated carbocycles. The van der Waals surface area contributed by atoms with Crippen LogP contribution in [-0.4, -0.2) is 35.3 Å². The normalized spacial score (nSPS) is 17.6. The van der Waals surface area contributed by atoms with Crippen LogP contribution in [0.3, 0.4) is 0 Å². The molecule has 1 amide bonds. The van der Waals surface area contributed by atoms with Crippen molar-refractivity contribution in [3.05, 3.63) is 34.1 Å². The van der Waals surface area contributed by atoms with E-state index in [0.717, 1.165) is 12.8 Å². The molecule has 1 aliphatic rings. The van der Waals surface area contributed by atoms with E-state index in [4.69, 9.17) is 9.47 Å². The zero-order valence-electron chi connectivity index (χ0n) is 12.2. The average molecular weight is 303 g/mol. The molecular formula is C15H17N3O4. The van der Waals surface area contributed by atoms with Crippen molar-refractivity contribution >= 4 is 16.9 Å². The summed E-state index contributed by atoms with van der Waals surface area (Å²) < 4.78 is 10.6. The van der Waals surface area contributed by atoms with Gasteiger partial charge in [-0.15, -0.1) is 0 Å². The number of carbonyl (C=O) groups is 1. The first-order chi connectivity index (χ1) is 10.7. The number of ether oxygens (including phenoxy) is 2. The third-order valence-electron chi connectivity index (χ3n) is 3.46. The summed E-state index contributed by atoms with van der Waals surface area (Å²) in [7, 11) is 0. The van der Waals surface area contributed by atoms with E-state index < -0.39 is 11.3 Å². The maximum absolute atomic E-state index is 12.5. The third kappa shape index (κ3) is 2.80. The zero-order chi connectivity index (χ0) is 15.5. The predicted molar refractivity (Wildman–Crippen MR) is 80.0 cm³/mol. The minimum atomic E-state index is -0.460. The largest absolute Gasteiger partial charge is 0.478 e. The second kappa shape index (κ2) is 6.15. The number of rotatable bonds is 4. The summed E-state index contributed by atoms with van der Waals surface area (Å²) in [6.07, 6.45) is 2.73. The first-order valence-electron chi connectivity index (χ1n) is 7.26. The lowest BCUT2D eigenvalue weighted by Crippen LogP contribution is -2.36. The van der Waals surface area contributed by atoms with E-state index in [-0.39, 0.29) is 17.3 Å². The van der Waals surface area contributed by atoms with Crippen molar-refractivity contribution in [2.45, 2.75) is 26.0 Å². The molecule has 1 fully saturated rings. The fourth-order valence-electron chi connectivity index (χ4n) is 2.39. The van der Waals surface area contributed by atoms with Crippen LogP contribution in [0.25, 0.3) is 11.0 Å². The van der Waals surface area contributed by atoms with Gasteiger partial charge in [0.15, 0.2) is 0 Å². The molecule has 7 heteroatoms. The Hall–Kier alpha value is -2.41. The molecule has 2 aromatic rings. The van der Waals surface area contributed by atoms with Crippen LogP contribution in [-0.2, 0) is 4.74 Å². The molecule has 3 rings (SSSR count). The summed E-state index contributed by atoms with van der Waals surface area (Å²) in [5, 5.41) is 2.70. The molecule has 1 saturated heterocycles. The molecule has 0 radical (unpaired) electrons. The lowest BCUT2D eigenvalue weighted by molar-refractivity contribution is 0.0639. The van der Waals surface area contributed by atoms with E-state index in [2.05, 4.69) is 15.3 Å². The van der Waals surface area contributed by atoms with Gasteiger partial charge in [0.1, 0.15) is 17.3 Å². The van der Waals surface area contributed by atoms with Gasteiger partial charge in [0.2, 0.25) is 11.3 Å². The highest BCUT2D eigenvalue weighted by molar-refractivity contribution is 5.96. The van der Waals surface area contributed by atoms with Crippen molar-refractivity contribution in [2.24, 2.45) is 0 Å². The Kier molecular flexibility index (Phi) is 4.06. The molecule has 0 bridgehead atoms. The SMILES string of the molecule is CCOc1ccc2[nH]cc(C(=O)NC3CCCO3)c(=O)c2n1. The molecule has 22 heavy (non-hydrogen) atoms. The summed E-state index contributed by atoms with van der Waals surface area (Å²) >= 11 is 0. The molecule has 0 aromatic carbocycles. The average Bonchev–Trinajstić information content (AvgIpc) is 3.01. The fraction of sp³-hybridized carbons (Fsp3) is 0.400. The molecule has 2 aromatic heterocycles. The van der Waals surface area contributed by atoms with Gasteiger partial charge in [0, 0.05) is 18.9 Å². The predicted octanol–water partition coefficient (Wildman–Crippen LogP) is 1.19. The van der Waals surface area contributed by atoms with Crippen LogP contribution in [0.2, 0.25) is 0 Å². The molecule has 116 valence electrons. The number of hydrogen-bond donors (Lipinski definition) is 2. The van der Waals surface area contributed by atoms with Crippen molar-refractivity contribution < 1.29 is 14.3 Å². The van der Waals surface area contributed by atoms with Crippen LogP contribution in [0, 0.1) is 0 Å². The first kappa shape index (κ1) is 14.5. The molecule has 3 heterocycles. The lowest BCUT2D eigenvalue weighted by atomic mass is 10.2. The molecule has 1 atom stereocenters. The number of nitrogens with one attached hydrogen (secondary N) is 2. The van der Waals surface area contributed by atoms with Crippen molar-refractivity contribution in [1.82, 2.24) is 15.3 Å². The Morgan fingerprint density at radius 1 is 1.55 bits per heavy atom. The molecule has 1 aliphatic heterocycles. The summed E-state index contributed by atoms with van der Waals surface area (Å²) in [4.78, 5) is 31.7. The Bertz CT molecular complexity index is 750. The molecule has 7 nitrogen and oxygen atoms in total. The quantitative estimate of drug-likeness (QED) is 0.885. The van der Waals surface area contributed by atoms with Crippen LogP contribution in [0.1, 0.15) is 30.1 Å². The molecule has 0 spiro atoms. The Morgan fingerprint density at radius 3 is 3.14 bits per heavy atom. The number of H-pyrrole nitrogens is 1. The van der Waals surface area contributed by atoms with Gasteiger partial charge in [-0.3, -0.25) is 9.59 Å². The Balaban J connectivity index is 1.94. The van der Waals surface area contributed by atoms with Crippen LogP contribution in [0.4, 0.5) is 0 Å². The number of aromatic nitrogens is 2. The number of amides is 1. The monoisotopic (exact) mass is 303 g/mol. The highest BCUT2D eigenvalue weighted by Gasteiger charge is 2.21. The second-order valence-corrected chi connectivity index (χ2v) is 4.99. The minimum Gasteiger partial charge on any atom is -0.478 e. The number of nitrogens with zero attached hydrogens (tertiary/aromatic N) is 1. The standard InChI is InChI=1S/C15H17N3O4/c1-2-21-12-6-5-10-13(17-12)14(19)9(8-16-10)15(20)18-11-4-3-7-22-11/h5-6,8,11H,2-4,7H2,1H3,(H,16,19)(H,18,20). The van der Waals surface area contributed by atoms with Gasteiger partial charge in [-0.2, -0.15) is 0 Å². The van der Waals surface area contributed by atoms with Crippen molar-refractivity contribution in [1.29, 1.82) is 0 Å². The van der Waals surface area contributed by atoms with Gasteiger partial charge in [-0.1, -0.05) is 0 Å². The summed E-state index contributed by atoms with van der Waals surface area (Å²) in [5.74, 6) is -0.101. The topological polar surface area (TPSA) is 93.3 Å². The van der Waals surface area contributed by atoms with E-state index in [1.807, 2.05) is 6.92 Å². The van der Waals surface area contributed by atoms with Crippen LogP contribution >= 0.6 is 0 Å². The molecule has 0 aliphatic carbocycles. The van der Waals surface area contributed by atoms with Crippen molar-refractivity contribution in [3.63, 3.8) is 0 Å². The van der Waals surface area contributed by atoms with E-state index in [0.29, 0.717) is 24.6 Å². The third-order valence-corrected chi connectivity index (χ3v) is 3.46. The molecule has 1 unspecified atom stereocenters. The number of aromatic amines is 1. The van der Waals surface area contributed by atoms with Gasteiger partial charge in [-0.25, -0.2) is 4.98 Å². The number of hydrogen-bond acceptors (Lipinski definition) is 5. The van der Waals surface area contributed by atoms with Gasteiger partial charge in [0.25, 0.3) is 5.91 Å². The fourth-order valence-corrected chi connectivity index (χ4v) is 2.39. The van der Waals surface area contributed by atoms with E-state index in [1.54, 1.807) is 12.1 Å². The lowest BCUT2D eigenvalue weighted by Gasteiger charge is -2.11. The Morgan fingerprint density at radius 2 is 2.41 bits per heavy atom. The van der Waals surface area contributed by atoms with E-state index in [1.165, 1.54) is 6.20 Å². The molecular weight excluding hydrogens is 286 g/mol. The maximum atomic E-state index is 12.5. The second-order valence-electron chi connectivity index (χ2n) is 4.99. The van der Waals surface area contributed by atoms with Gasteiger partial charge < -0.3 is 19.8 Å². The zero-order valence-corrected chi connectivity index (χ0v) is 12.2.